The van der Waals surface area contributed by atoms with Gasteiger partial charge in [-0.05, 0) is 57.8 Å². The summed E-state index contributed by atoms with van der Waals surface area (Å²) in [6.07, 6.45) is 37.1. The molecule has 0 radical (unpaired) electrons. The number of allylic oxidation sites excluding steroid dienone is 10. The maximum Gasteiger partial charge on any atom is 0.306 e. The third-order valence-corrected chi connectivity index (χ3v) is 13.0. The first-order valence-electron chi connectivity index (χ1n) is 27.9. The molecule has 2 heterocycles. The number of esters is 1. The minimum atomic E-state index is -1.71. The van der Waals surface area contributed by atoms with E-state index in [1.807, 2.05) is 0 Å². The van der Waals surface area contributed by atoms with Gasteiger partial charge in [-0.3, -0.25) is 4.79 Å². The molecule has 0 bridgehead atoms. The number of ether oxygens (including phenoxy) is 6. The zero-order chi connectivity index (χ0) is 51.6. The topological polar surface area (TPSA) is 214 Å². The van der Waals surface area contributed by atoms with Crippen LogP contribution in [0, 0.1) is 0 Å². The van der Waals surface area contributed by atoms with Crippen LogP contribution >= 0.6 is 0 Å². The highest BCUT2D eigenvalue weighted by Gasteiger charge is 2.47. The number of rotatable bonds is 44. The fourth-order valence-electron chi connectivity index (χ4n) is 8.55. The molecule has 0 saturated carbocycles. The highest BCUT2D eigenvalue weighted by molar-refractivity contribution is 5.69. The van der Waals surface area contributed by atoms with Gasteiger partial charge in [0.05, 0.1) is 26.4 Å². The first kappa shape index (κ1) is 64.8. The molecule has 0 aliphatic carbocycles. The molecule has 2 aliphatic rings. The van der Waals surface area contributed by atoms with Crippen molar-refractivity contribution in [2.45, 2.75) is 261 Å². The van der Waals surface area contributed by atoms with Gasteiger partial charge in [-0.15, -0.1) is 0 Å². The molecular formula is C57H100O14. The molecule has 11 unspecified atom stereocenters. The van der Waals surface area contributed by atoms with Crippen LogP contribution in [0.4, 0.5) is 0 Å². The number of hydrogen-bond donors (Lipinski definition) is 7. The lowest BCUT2D eigenvalue weighted by Gasteiger charge is -2.42. The zero-order valence-corrected chi connectivity index (χ0v) is 43.9. The van der Waals surface area contributed by atoms with Gasteiger partial charge < -0.3 is 64.2 Å². The van der Waals surface area contributed by atoms with Crippen molar-refractivity contribution in [3.8, 4) is 0 Å². The molecule has 0 amide bonds. The van der Waals surface area contributed by atoms with E-state index in [9.17, 15) is 40.5 Å². The molecule has 11 atom stereocenters. The summed E-state index contributed by atoms with van der Waals surface area (Å²) in [6, 6.07) is 0. The molecule has 14 nitrogen and oxygen atoms in total. The Kier molecular flexibility index (Phi) is 40.2. The Bertz CT molecular complexity index is 1400. The number of aliphatic hydroxyl groups excluding tert-OH is 7. The van der Waals surface area contributed by atoms with Crippen LogP contribution in [0.25, 0.3) is 0 Å². The summed E-state index contributed by atoms with van der Waals surface area (Å²) in [7, 11) is 0. The number of carbonyl (C=O) groups excluding carboxylic acids is 1. The van der Waals surface area contributed by atoms with Gasteiger partial charge in [-0.2, -0.15) is 0 Å². The van der Waals surface area contributed by atoms with Crippen LogP contribution in [-0.2, 0) is 33.2 Å². The fraction of sp³-hybridized carbons (Fsp3) is 0.807. The SMILES string of the molecule is CC/C=C\C/C=C\C/C=C\C/C=C\C/C=C\CCCCCC(=O)OC(COCCCCCCCCCCCCCCCCCCCC)COC1OC(COC2OC(CO)C(O)C(O)C2O)C(O)C(O)C1O. The fourth-order valence-corrected chi connectivity index (χ4v) is 8.55. The summed E-state index contributed by atoms with van der Waals surface area (Å²) in [4.78, 5) is 13.0. The third-order valence-electron chi connectivity index (χ3n) is 13.0. The molecule has 2 saturated heterocycles. The van der Waals surface area contributed by atoms with Crippen LogP contribution in [0.1, 0.15) is 194 Å². The van der Waals surface area contributed by atoms with E-state index >= 15 is 0 Å². The second kappa shape index (κ2) is 44.0. The van der Waals surface area contributed by atoms with Gasteiger partial charge >= 0.3 is 5.97 Å². The van der Waals surface area contributed by atoms with E-state index in [-0.39, 0.29) is 19.6 Å². The van der Waals surface area contributed by atoms with E-state index in [2.05, 4.69) is 74.6 Å². The Balaban J connectivity index is 1.76. The molecule has 2 aliphatic heterocycles. The zero-order valence-electron chi connectivity index (χ0n) is 43.9. The molecule has 14 heteroatoms. The first-order chi connectivity index (χ1) is 34.6. The lowest BCUT2D eigenvalue weighted by Crippen LogP contribution is -2.61. The Morgan fingerprint density at radius 3 is 1.42 bits per heavy atom. The molecular weight excluding hydrogens is 909 g/mol. The van der Waals surface area contributed by atoms with Crippen LogP contribution in [0.3, 0.4) is 0 Å². The Hall–Kier alpha value is -2.31. The number of unbranched alkanes of at least 4 members (excludes halogenated alkanes) is 20. The minimum Gasteiger partial charge on any atom is -0.457 e. The largest absolute Gasteiger partial charge is 0.457 e. The summed E-state index contributed by atoms with van der Waals surface area (Å²) in [5, 5.41) is 72.3. The van der Waals surface area contributed by atoms with Crippen molar-refractivity contribution in [2.75, 3.05) is 33.0 Å². The minimum absolute atomic E-state index is 0.0480. The van der Waals surface area contributed by atoms with Crippen molar-refractivity contribution in [2.24, 2.45) is 0 Å². The van der Waals surface area contributed by atoms with Gasteiger partial charge in [-0.25, -0.2) is 0 Å². The van der Waals surface area contributed by atoms with Gasteiger partial charge in [-0.1, -0.05) is 190 Å². The molecule has 71 heavy (non-hydrogen) atoms. The standard InChI is InChI=1S/C57H100O14/c1-3-5-7-9-11-13-15-17-19-21-23-24-26-28-30-32-34-36-38-40-49(59)69-46(43-66-41-39-37-35-33-31-29-27-25-22-20-18-16-14-12-10-8-6-4-2)44-67-56-55(65)53(63)51(61)48(71-56)45-68-57-54(64)52(62)50(60)47(42-58)70-57/h5,7,11,13,17,19,23-24,28,30,46-48,50-58,60-65H,3-4,6,8-10,12,14-16,18,20-22,25-27,29,31-45H2,1-2H3/b7-5-,13-11-,19-17-,24-23-,30-28-. The van der Waals surface area contributed by atoms with E-state index < -0.39 is 86.7 Å². The summed E-state index contributed by atoms with van der Waals surface area (Å²) < 4.78 is 34.3. The van der Waals surface area contributed by atoms with Crippen molar-refractivity contribution < 1.29 is 69.0 Å². The smallest absolute Gasteiger partial charge is 0.306 e. The summed E-state index contributed by atoms with van der Waals surface area (Å²) in [6.45, 7) is 3.55. The number of aliphatic hydroxyl groups is 7. The average molecular weight is 1010 g/mol. The van der Waals surface area contributed by atoms with Crippen LogP contribution in [-0.4, -0.2) is 142 Å². The quantitative estimate of drug-likeness (QED) is 0.0172. The van der Waals surface area contributed by atoms with Crippen LogP contribution < -0.4 is 0 Å². The van der Waals surface area contributed by atoms with Gasteiger partial charge in [0.1, 0.15) is 54.9 Å². The van der Waals surface area contributed by atoms with Crippen molar-refractivity contribution in [3.63, 3.8) is 0 Å². The molecule has 0 aromatic carbocycles. The van der Waals surface area contributed by atoms with Crippen molar-refractivity contribution in [1.29, 1.82) is 0 Å². The number of hydrogen-bond acceptors (Lipinski definition) is 14. The highest BCUT2D eigenvalue weighted by atomic mass is 16.7. The van der Waals surface area contributed by atoms with Crippen LogP contribution in [0.2, 0.25) is 0 Å². The monoisotopic (exact) mass is 1010 g/mol. The van der Waals surface area contributed by atoms with Crippen molar-refractivity contribution in [1.82, 2.24) is 0 Å². The number of carbonyl (C=O) groups is 1. The third kappa shape index (κ3) is 31.2. The normalized spacial score (nSPS) is 25.8. The molecule has 412 valence electrons. The molecule has 2 rings (SSSR count). The molecule has 0 aromatic heterocycles. The second-order valence-electron chi connectivity index (χ2n) is 19.4. The van der Waals surface area contributed by atoms with Crippen molar-refractivity contribution >= 4 is 5.97 Å². The van der Waals surface area contributed by atoms with Crippen LogP contribution in [0.5, 0.6) is 0 Å². The van der Waals surface area contributed by atoms with Gasteiger partial charge in [0.25, 0.3) is 0 Å². The molecule has 0 aromatic rings. The second-order valence-corrected chi connectivity index (χ2v) is 19.4. The van der Waals surface area contributed by atoms with Gasteiger partial charge in [0.2, 0.25) is 0 Å². The van der Waals surface area contributed by atoms with Gasteiger partial charge in [0.15, 0.2) is 12.6 Å². The predicted octanol–water partition coefficient (Wildman–Crippen LogP) is 9.30. The van der Waals surface area contributed by atoms with E-state index in [1.54, 1.807) is 0 Å². The van der Waals surface area contributed by atoms with E-state index in [0.717, 1.165) is 70.6 Å². The summed E-state index contributed by atoms with van der Waals surface area (Å²) in [5.41, 5.74) is 0. The highest BCUT2D eigenvalue weighted by Crippen LogP contribution is 2.26. The summed E-state index contributed by atoms with van der Waals surface area (Å²) >= 11 is 0. The average Bonchev–Trinajstić information content (AvgIpc) is 3.37. The molecule has 0 spiro atoms. The molecule has 7 N–H and O–H groups in total. The van der Waals surface area contributed by atoms with E-state index in [0.29, 0.717) is 13.0 Å². The first-order valence-corrected chi connectivity index (χ1v) is 27.9. The van der Waals surface area contributed by atoms with Gasteiger partial charge in [0, 0.05) is 13.0 Å². The lowest BCUT2D eigenvalue weighted by molar-refractivity contribution is -0.332. The maximum absolute atomic E-state index is 13.0. The Labute approximate surface area is 428 Å². The summed E-state index contributed by atoms with van der Waals surface area (Å²) in [5.74, 6) is -0.406. The Morgan fingerprint density at radius 1 is 0.479 bits per heavy atom. The predicted molar refractivity (Wildman–Crippen MR) is 279 cm³/mol. The van der Waals surface area contributed by atoms with Crippen molar-refractivity contribution in [3.05, 3.63) is 60.8 Å². The van der Waals surface area contributed by atoms with E-state index in [4.69, 9.17) is 28.4 Å². The van der Waals surface area contributed by atoms with Crippen LogP contribution in [0.15, 0.2) is 60.8 Å². The lowest BCUT2D eigenvalue weighted by atomic mass is 9.98. The molecule has 2 fully saturated rings. The Morgan fingerprint density at radius 2 is 0.915 bits per heavy atom. The maximum atomic E-state index is 13.0. The van der Waals surface area contributed by atoms with E-state index in [1.165, 1.54) is 96.3 Å².